The van der Waals surface area contributed by atoms with E-state index in [1.54, 1.807) is 17.8 Å². The van der Waals surface area contributed by atoms with Crippen molar-refractivity contribution in [3.63, 3.8) is 0 Å². The zero-order chi connectivity index (χ0) is 17.1. The van der Waals surface area contributed by atoms with Gasteiger partial charge in [0.15, 0.2) is 0 Å². The highest BCUT2D eigenvalue weighted by Crippen LogP contribution is 2.31. The summed E-state index contributed by atoms with van der Waals surface area (Å²) in [4.78, 5) is 28.1. The topological polar surface area (TPSA) is 40.6 Å². The zero-order valence-electron chi connectivity index (χ0n) is 13.3. The Kier molecular flexibility index (Phi) is 5.95. The maximum Gasteiger partial charge on any atom is 0.232 e. The molecular weight excluding hydrogens is 367 g/mol. The van der Waals surface area contributed by atoms with Crippen molar-refractivity contribution in [3.05, 3.63) is 33.8 Å². The Morgan fingerprint density at radius 2 is 1.71 bits per heavy atom. The molecule has 1 aromatic rings. The van der Waals surface area contributed by atoms with E-state index < -0.39 is 0 Å². The molecule has 1 heterocycles. The summed E-state index contributed by atoms with van der Waals surface area (Å²) in [5.41, 5.74) is 1.06. The van der Waals surface area contributed by atoms with Crippen LogP contribution >= 0.6 is 35.0 Å². The predicted molar refractivity (Wildman–Crippen MR) is 98.5 cm³/mol. The Balaban J connectivity index is 1.39. The SMILES string of the molecule is O=C(CSCc1ccc(Cl)c(Cl)c1)N1CCN(C(=O)C2CC2)CC1. The highest BCUT2D eigenvalue weighted by molar-refractivity contribution is 7.99. The van der Waals surface area contributed by atoms with Crippen molar-refractivity contribution in [2.24, 2.45) is 5.92 Å². The number of rotatable bonds is 5. The molecule has 0 atom stereocenters. The molecule has 0 unspecified atom stereocenters. The summed E-state index contributed by atoms with van der Waals surface area (Å²) in [5.74, 6) is 1.84. The highest BCUT2D eigenvalue weighted by atomic mass is 35.5. The standard InChI is InChI=1S/C17H20Cl2N2O2S/c18-14-4-1-12(9-15(14)19)10-24-11-16(22)20-5-7-21(8-6-20)17(23)13-2-3-13/h1,4,9,13H,2-3,5-8,10-11H2. The molecule has 7 heteroatoms. The molecule has 1 aliphatic heterocycles. The largest absolute Gasteiger partial charge is 0.339 e. The van der Waals surface area contributed by atoms with E-state index in [9.17, 15) is 9.59 Å². The van der Waals surface area contributed by atoms with Crippen LogP contribution in [0.15, 0.2) is 18.2 Å². The molecule has 24 heavy (non-hydrogen) atoms. The summed E-state index contributed by atoms with van der Waals surface area (Å²) in [6.45, 7) is 2.62. The van der Waals surface area contributed by atoms with Crippen LogP contribution in [-0.2, 0) is 15.3 Å². The summed E-state index contributed by atoms with van der Waals surface area (Å²) in [6.07, 6.45) is 2.06. The summed E-state index contributed by atoms with van der Waals surface area (Å²) in [5, 5.41) is 1.08. The average molecular weight is 387 g/mol. The Morgan fingerprint density at radius 3 is 2.33 bits per heavy atom. The molecule has 0 N–H and O–H groups in total. The summed E-state index contributed by atoms with van der Waals surface area (Å²) < 4.78 is 0. The predicted octanol–water partition coefficient (Wildman–Crippen LogP) is 3.31. The first-order valence-corrected chi connectivity index (χ1v) is 10.0. The highest BCUT2D eigenvalue weighted by Gasteiger charge is 2.35. The number of carbonyl (C=O) groups excluding carboxylic acids is 2. The molecule has 1 saturated heterocycles. The van der Waals surface area contributed by atoms with E-state index in [1.165, 1.54) is 0 Å². The number of benzene rings is 1. The minimum absolute atomic E-state index is 0.138. The molecule has 2 amide bonds. The Bertz CT molecular complexity index is 629. The van der Waals surface area contributed by atoms with Crippen molar-refractivity contribution in [3.8, 4) is 0 Å². The van der Waals surface area contributed by atoms with Gasteiger partial charge >= 0.3 is 0 Å². The van der Waals surface area contributed by atoms with Crippen molar-refractivity contribution in [2.75, 3.05) is 31.9 Å². The molecule has 0 spiro atoms. The molecule has 0 bridgehead atoms. The van der Waals surface area contributed by atoms with Gasteiger partial charge in [-0.3, -0.25) is 9.59 Å². The van der Waals surface area contributed by atoms with Crippen LogP contribution in [0, 0.1) is 5.92 Å². The minimum atomic E-state index is 0.138. The van der Waals surface area contributed by atoms with Gasteiger partial charge < -0.3 is 9.80 Å². The second-order valence-electron chi connectivity index (χ2n) is 6.22. The second-order valence-corrected chi connectivity index (χ2v) is 8.02. The van der Waals surface area contributed by atoms with Crippen LogP contribution in [0.4, 0.5) is 0 Å². The maximum atomic E-state index is 12.3. The first-order valence-electron chi connectivity index (χ1n) is 8.13. The molecule has 0 aromatic heterocycles. The van der Waals surface area contributed by atoms with E-state index in [-0.39, 0.29) is 17.7 Å². The Hall–Kier alpha value is -0.910. The third kappa shape index (κ3) is 4.58. The number of thioether (sulfide) groups is 1. The lowest BCUT2D eigenvalue weighted by molar-refractivity contribution is -0.139. The fourth-order valence-corrected chi connectivity index (χ4v) is 3.94. The van der Waals surface area contributed by atoms with Gasteiger partial charge in [0.1, 0.15) is 0 Å². The number of hydrogen-bond acceptors (Lipinski definition) is 3. The van der Waals surface area contributed by atoms with Crippen LogP contribution in [0.3, 0.4) is 0 Å². The molecule has 1 aliphatic carbocycles. The van der Waals surface area contributed by atoms with E-state index in [4.69, 9.17) is 23.2 Å². The third-order valence-electron chi connectivity index (χ3n) is 4.35. The van der Waals surface area contributed by atoms with E-state index in [0.717, 1.165) is 24.2 Å². The summed E-state index contributed by atoms with van der Waals surface area (Å²) >= 11 is 13.5. The van der Waals surface area contributed by atoms with Crippen molar-refractivity contribution in [1.82, 2.24) is 9.80 Å². The monoisotopic (exact) mass is 386 g/mol. The fourth-order valence-electron chi connectivity index (χ4n) is 2.74. The van der Waals surface area contributed by atoms with Gasteiger partial charge in [-0.1, -0.05) is 29.3 Å². The smallest absolute Gasteiger partial charge is 0.232 e. The summed E-state index contributed by atoms with van der Waals surface area (Å²) in [7, 11) is 0. The van der Waals surface area contributed by atoms with Crippen LogP contribution in [0.25, 0.3) is 0 Å². The molecular formula is C17H20Cl2N2O2S. The third-order valence-corrected chi connectivity index (χ3v) is 6.08. The number of piperazine rings is 1. The lowest BCUT2D eigenvalue weighted by Crippen LogP contribution is -2.51. The number of nitrogens with zero attached hydrogens (tertiary/aromatic N) is 2. The van der Waals surface area contributed by atoms with Crippen LogP contribution in [-0.4, -0.2) is 53.5 Å². The zero-order valence-corrected chi connectivity index (χ0v) is 15.7. The molecule has 3 rings (SSSR count). The molecule has 1 saturated carbocycles. The van der Waals surface area contributed by atoms with Crippen molar-refractivity contribution in [2.45, 2.75) is 18.6 Å². The Labute approximate surface area is 156 Å². The number of halogens is 2. The normalized spacial score (nSPS) is 17.9. The lowest BCUT2D eigenvalue weighted by atomic mass is 10.2. The molecule has 0 radical (unpaired) electrons. The van der Waals surface area contributed by atoms with Gasteiger partial charge in [-0.15, -0.1) is 11.8 Å². The van der Waals surface area contributed by atoms with Crippen molar-refractivity contribution >= 4 is 46.8 Å². The second kappa shape index (κ2) is 7.98. The van der Waals surface area contributed by atoms with E-state index in [0.29, 0.717) is 42.0 Å². The fraction of sp³-hybridized carbons (Fsp3) is 0.529. The van der Waals surface area contributed by atoms with E-state index in [2.05, 4.69) is 0 Å². The van der Waals surface area contributed by atoms with E-state index in [1.807, 2.05) is 21.9 Å². The number of hydrogen-bond donors (Lipinski definition) is 0. The first kappa shape index (κ1) is 17.9. The first-order chi connectivity index (χ1) is 11.5. The van der Waals surface area contributed by atoms with E-state index >= 15 is 0 Å². The maximum absolute atomic E-state index is 12.3. The van der Waals surface area contributed by atoms with Crippen LogP contribution < -0.4 is 0 Å². The van der Waals surface area contributed by atoms with Gasteiger partial charge in [0.05, 0.1) is 15.8 Å². The van der Waals surface area contributed by atoms with Crippen LogP contribution in [0.1, 0.15) is 18.4 Å². The lowest BCUT2D eigenvalue weighted by Gasteiger charge is -2.35. The van der Waals surface area contributed by atoms with Crippen molar-refractivity contribution in [1.29, 1.82) is 0 Å². The van der Waals surface area contributed by atoms with Gasteiger partial charge in [0.25, 0.3) is 0 Å². The van der Waals surface area contributed by atoms with Gasteiger partial charge in [0, 0.05) is 37.8 Å². The van der Waals surface area contributed by atoms with Gasteiger partial charge in [0.2, 0.25) is 11.8 Å². The molecule has 2 fully saturated rings. The Morgan fingerprint density at radius 1 is 1.04 bits per heavy atom. The average Bonchev–Trinajstić information content (AvgIpc) is 3.42. The van der Waals surface area contributed by atoms with Crippen LogP contribution in [0.2, 0.25) is 10.0 Å². The number of carbonyl (C=O) groups is 2. The molecule has 130 valence electrons. The minimum Gasteiger partial charge on any atom is -0.339 e. The summed E-state index contributed by atoms with van der Waals surface area (Å²) in [6, 6.07) is 5.54. The van der Waals surface area contributed by atoms with Gasteiger partial charge in [-0.25, -0.2) is 0 Å². The van der Waals surface area contributed by atoms with Gasteiger partial charge in [-0.2, -0.15) is 0 Å². The molecule has 4 nitrogen and oxygen atoms in total. The molecule has 1 aromatic carbocycles. The van der Waals surface area contributed by atoms with Gasteiger partial charge in [-0.05, 0) is 30.5 Å². The van der Waals surface area contributed by atoms with Crippen molar-refractivity contribution < 1.29 is 9.59 Å². The van der Waals surface area contributed by atoms with Crippen LogP contribution in [0.5, 0.6) is 0 Å². The molecule has 2 aliphatic rings. The quantitative estimate of drug-likeness (QED) is 0.779. The number of amides is 2.